The number of benzene rings is 1. The van der Waals surface area contributed by atoms with Crippen LogP contribution >= 0.6 is 11.8 Å². The number of fused-ring (bicyclic) bond motifs is 1. The lowest BCUT2D eigenvalue weighted by Crippen LogP contribution is -2.23. The third-order valence-electron chi connectivity index (χ3n) is 3.50. The summed E-state index contributed by atoms with van der Waals surface area (Å²) >= 11 is 2.00. The highest BCUT2D eigenvalue weighted by Crippen LogP contribution is 2.40. The van der Waals surface area contributed by atoms with Gasteiger partial charge in [-0.2, -0.15) is 0 Å². The molecule has 1 aromatic rings. The average molecular weight is 233 g/mol. The summed E-state index contributed by atoms with van der Waals surface area (Å²) in [6, 6.07) is 8.42. The molecule has 1 aliphatic heterocycles. The van der Waals surface area contributed by atoms with Gasteiger partial charge in [0.15, 0.2) is 0 Å². The fraction of sp³-hybridized carbons (Fsp3) is 0.571. The van der Waals surface area contributed by atoms with Crippen LogP contribution in [0.25, 0.3) is 0 Å². The van der Waals surface area contributed by atoms with E-state index in [9.17, 15) is 0 Å². The third-order valence-corrected chi connectivity index (χ3v) is 4.68. The maximum Gasteiger partial charge on any atom is 0.0428 e. The summed E-state index contributed by atoms with van der Waals surface area (Å²) in [5.74, 6) is 1.85. The molecule has 1 fully saturated rings. The lowest BCUT2D eigenvalue weighted by molar-refractivity contribution is 0.579. The first kappa shape index (κ1) is 10.7. The smallest absolute Gasteiger partial charge is 0.0428 e. The highest BCUT2D eigenvalue weighted by Gasteiger charge is 2.30. The summed E-state index contributed by atoms with van der Waals surface area (Å²) in [5, 5.41) is 3.75. The zero-order chi connectivity index (χ0) is 11.1. The SMILES string of the molecule is CC(C)c1ccc2c(c1)C(NC1CC1)CS2. The lowest BCUT2D eigenvalue weighted by Gasteiger charge is -2.14. The Morgan fingerprint density at radius 2 is 2.12 bits per heavy atom. The molecule has 86 valence electrons. The minimum absolute atomic E-state index is 0.603. The van der Waals surface area contributed by atoms with Gasteiger partial charge in [0.1, 0.15) is 0 Å². The molecule has 1 nitrogen and oxygen atoms in total. The summed E-state index contributed by atoms with van der Waals surface area (Å²) in [6.07, 6.45) is 2.75. The molecule has 0 bridgehead atoms. The van der Waals surface area contributed by atoms with Crippen molar-refractivity contribution in [2.75, 3.05) is 5.75 Å². The molecule has 1 atom stereocenters. The van der Waals surface area contributed by atoms with Gasteiger partial charge in [-0.05, 0) is 36.0 Å². The minimum Gasteiger partial charge on any atom is -0.306 e. The Hall–Kier alpha value is -0.470. The van der Waals surface area contributed by atoms with Crippen LogP contribution in [0.5, 0.6) is 0 Å². The van der Waals surface area contributed by atoms with Crippen molar-refractivity contribution in [3.05, 3.63) is 29.3 Å². The van der Waals surface area contributed by atoms with Crippen LogP contribution in [0, 0.1) is 0 Å². The summed E-state index contributed by atoms with van der Waals surface area (Å²) in [5.41, 5.74) is 3.02. The van der Waals surface area contributed by atoms with Gasteiger partial charge in [-0.25, -0.2) is 0 Å². The van der Waals surface area contributed by atoms with E-state index in [1.54, 1.807) is 5.56 Å². The van der Waals surface area contributed by atoms with Gasteiger partial charge >= 0.3 is 0 Å². The second-order valence-electron chi connectivity index (χ2n) is 5.26. The van der Waals surface area contributed by atoms with Gasteiger partial charge in [0, 0.05) is 22.7 Å². The van der Waals surface area contributed by atoms with E-state index in [1.165, 1.54) is 29.1 Å². The molecular weight excluding hydrogens is 214 g/mol. The summed E-state index contributed by atoms with van der Waals surface area (Å²) in [7, 11) is 0. The average Bonchev–Trinajstić information content (AvgIpc) is 2.99. The van der Waals surface area contributed by atoms with Gasteiger partial charge in [-0.15, -0.1) is 11.8 Å². The normalized spacial score (nSPS) is 23.8. The van der Waals surface area contributed by atoms with E-state index in [0.717, 1.165) is 6.04 Å². The van der Waals surface area contributed by atoms with E-state index in [2.05, 4.69) is 37.4 Å². The molecule has 0 aromatic heterocycles. The first-order valence-corrected chi connectivity index (χ1v) is 7.25. The predicted molar refractivity (Wildman–Crippen MR) is 70.2 cm³/mol. The fourth-order valence-corrected chi connectivity index (χ4v) is 3.42. The van der Waals surface area contributed by atoms with Crippen LogP contribution in [-0.4, -0.2) is 11.8 Å². The largest absolute Gasteiger partial charge is 0.306 e. The third kappa shape index (κ3) is 2.01. The Morgan fingerprint density at radius 3 is 2.81 bits per heavy atom. The fourth-order valence-electron chi connectivity index (χ4n) is 2.27. The number of thioether (sulfide) groups is 1. The molecule has 1 aliphatic carbocycles. The molecule has 3 rings (SSSR count). The topological polar surface area (TPSA) is 12.0 Å². The highest BCUT2D eigenvalue weighted by atomic mass is 32.2. The number of nitrogens with one attached hydrogen (secondary N) is 1. The second kappa shape index (κ2) is 4.08. The molecule has 1 saturated carbocycles. The van der Waals surface area contributed by atoms with Crippen LogP contribution in [0.3, 0.4) is 0 Å². The Kier molecular flexibility index (Phi) is 2.72. The van der Waals surface area contributed by atoms with Crippen LogP contribution in [0.2, 0.25) is 0 Å². The zero-order valence-corrected chi connectivity index (χ0v) is 10.8. The van der Waals surface area contributed by atoms with Crippen molar-refractivity contribution in [1.29, 1.82) is 0 Å². The van der Waals surface area contributed by atoms with Crippen molar-refractivity contribution in [3.63, 3.8) is 0 Å². The molecule has 0 amide bonds. The van der Waals surface area contributed by atoms with Crippen LogP contribution in [0.1, 0.15) is 49.8 Å². The Balaban J connectivity index is 1.86. The van der Waals surface area contributed by atoms with Crippen molar-refractivity contribution in [2.45, 2.75) is 49.6 Å². The standard InChI is InChI=1S/C14H19NS/c1-9(2)10-3-6-14-12(7-10)13(8-16-14)15-11-4-5-11/h3,6-7,9,11,13,15H,4-5,8H2,1-2H3. The van der Waals surface area contributed by atoms with E-state index >= 15 is 0 Å². The molecule has 0 saturated heterocycles. The van der Waals surface area contributed by atoms with Crippen LogP contribution in [-0.2, 0) is 0 Å². The molecule has 1 aromatic carbocycles. The van der Waals surface area contributed by atoms with Crippen molar-refractivity contribution in [3.8, 4) is 0 Å². The monoisotopic (exact) mass is 233 g/mol. The Labute approximate surface area is 102 Å². The molecule has 2 heteroatoms. The number of hydrogen-bond donors (Lipinski definition) is 1. The molecule has 1 unspecified atom stereocenters. The first-order valence-electron chi connectivity index (χ1n) is 6.26. The molecule has 16 heavy (non-hydrogen) atoms. The van der Waals surface area contributed by atoms with Crippen LogP contribution < -0.4 is 5.32 Å². The number of hydrogen-bond acceptors (Lipinski definition) is 2. The second-order valence-corrected chi connectivity index (χ2v) is 6.32. The molecule has 0 radical (unpaired) electrons. The van der Waals surface area contributed by atoms with Gasteiger partial charge in [0.2, 0.25) is 0 Å². The maximum absolute atomic E-state index is 3.75. The molecule has 0 spiro atoms. The van der Waals surface area contributed by atoms with Crippen molar-refractivity contribution in [1.82, 2.24) is 5.32 Å². The predicted octanol–water partition coefficient (Wildman–Crippen LogP) is 3.71. The lowest BCUT2D eigenvalue weighted by atomic mass is 9.98. The van der Waals surface area contributed by atoms with Gasteiger partial charge < -0.3 is 5.32 Å². The van der Waals surface area contributed by atoms with E-state index in [4.69, 9.17) is 0 Å². The molecule has 1 N–H and O–H groups in total. The van der Waals surface area contributed by atoms with Gasteiger partial charge in [0.05, 0.1) is 0 Å². The summed E-state index contributed by atoms with van der Waals surface area (Å²) in [6.45, 7) is 4.54. The quantitative estimate of drug-likeness (QED) is 0.854. The number of rotatable bonds is 3. The van der Waals surface area contributed by atoms with Crippen molar-refractivity contribution in [2.24, 2.45) is 0 Å². The first-order chi connectivity index (χ1) is 7.74. The van der Waals surface area contributed by atoms with E-state index in [0.29, 0.717) is 12.0 Å². The highest BCUT2D eigenvalue weighted by molar-refractivity contribution is 7.99. The van der Waals surface area contributed by atoms with Crippen molar-refractivity contribution < 1.29 is 0 Å². The van der Waals surface area contributed by atoms with Gasteiger partial charge in [-0.1, -0.05) is 26.0 Å². The summed E-state index contributed by atoms with van der Waals surface area (Å²) in [4.78, 5) is 1.49. The van der Waals surface area contributed by atoms with Gasteiger partial charge in [0.25, 0.3) is 0 Å². The molecular formula is C14H19NS. The zero-order valence-electron chi connectivity index (χ0n) is 9.99. The van der Waals surface area contributed by atoms with Gasteiger partial charge in [-0.3, -0.25) is 0 Å². The molecule has 1 heterocycles. The van der Waals surface area contributed by atoms with E-state index in [-0.39, 0.29) is 0 Å². The van der Waals surface area contributed by atoms with Crippen molar-refractivity contribution >= 4 is 11.8 Å². The van der Waals surface area contributed by atoms with Crippen LogP contribution in [0.15, 0.2) is 23.1 Å². The minimum atomic E-state index is 0.603. The van der Waals surface area contributed by atoms with Crippen LogP contribution in [0.4, 0.5) is 0 Å². The maximum atomic E-state index is 3.75. The Morgan fingerprint density at radius 1 is 1.31 bits per heavy atom. The summed E-state index contributed by atoms with van der Waals surface area (Å²) < 4.78 is 0. The van der Waals surface area contributed by atoms with E-state index in [1.807, 2.05) is 11.8 Å². The molecule has 2 aliphatic rings. The Bertz CT molecular complexity index is 396. The van der Waals surface area contributed by atoms with E-state index < -0.39 is 0 Å².